The molecule has 46 heavy (non-hydrogen) atoms. The van der Waals surface area contributed by atoms with Crippen LogP contribution in [0.5, 0.6) is 0 Å². The highest BCUT2D eigenvalue weighted by molar-refractivity contribution is 7.17. The number of ketones is 2. The number of aromatic nitrogens is 2. The average molecular weight is 618 g/mol. The fourth-order valence-corrected chi connectivity index (χ4v) is 8.60. The Morgan fingerprint density at radius 2 is 1.41 bits per heavy atom. The molecule has 0 fully saturated rings. The summed E-state index contributed by atoms with van der Waals surface area (Å²) in [5.74, 6) is -0.747. The smallest absolute Gasteiger partial charge is 0.217 e. The van der Waals surface area contributed by atoms with Crippen molar-refractivity contribution < 1.29 is 9.59 Å². The minimum Gasteiger partial charge on any atom is -0.301 e. The van der Waals surface area contributed by atoms with Crippen molar-refractivity contribution in [3.8, 4) is 11.1 Å². The lowest BCUT2D eigenvalue weighted by molar-refractivity contribution is 0.0988. The van der Waals surface area contributed by atoms with E-state index in [4.69, 9.17) is 0 Å². The summed E-state index contributed by atoms with van der Waals surface area (Å²) in [6.07, 6.45) is 4.63. The van der Waals surface area contributed by atoms with E-state index < -0.39 is 0 Å². The van der Waals surface area contributed by atoms with E-state index in [0.29, 0.717) is 0 Å². The largest absolute Gasteiger partial charge is 0.301 e. The van der Waals surface area contributed by atoms with E-state index in [-0.39, 0.29) is 33.9 Å². The molecule has 8 rings (SSSR count). The Morgan fingerprint density at radius 1 is 0.739 bits per heavy atom. The van der Waals surface area contributed by atoms with E-state index in [1.165, 1.54) is 45.8 Å². The summed E-state index contributed by atoms with van der Waals surface area (Å²) in [6, 6.07) is 28.4. The van der Waals surface area contributed by atoms with E-state index in [1.807, 2.05) is 0 Å². The second-order valence-corrected chi connectivity index (χ2v) is 13.9. The Morgan fingerprint density at radius 3 is 2.13 bits per heavy atom. The Kier molecular flexibility index (Phi) is 6.25. The number of carbonyl (C=O) groups excluding carboxylic acids is 2. The first-order chi connectivity index (χ1) is 22.1. The van der Waals surface area contributed by atoms with Crippen LogP contribution >= 0.6 is 11.3 Å². The zero-order chi connectivity index (χ0) is 31.9. The monoisotopic (exact) mass is 617 g/mol. The molecule has 2 aliphatic rings. The van der Waals surface area contributed by atoms with E-state index in [1.54, 1.807) is 17.4 Å². The molecular formula is C40H31N3O2S. The lowest BCUT2D eigenvalue weighted by atomic mass is 9.74. The topological polar surface area (TPSA) is 63.2 Å². The Bertz CT molecular complexity index is 2260. The lowest BCUT2D eigenvalue weighted by Crippen LogP contribution is -2.29. The minimum atomic E-state index is -0.374. The van der Waals surface area contributed by atoms with Gasteiger partial charge >= 0.3 is 0 Å². The van der Waals surface area contributed by atoms with E-state index in [0.717, 1.165) is 37.6 Å². The van der Waals surface area contributed by atoms with Crippen LogP contribution in [0.1, 0.15) is 67.5 Å². The van der Waals surface area contributed by atoms with Crippen LogP contribution in [0.3, 0.4) is 0 Å². The van der Waals surface area contributed by atoms with Gasteiger partial charge < -0.3 is 4.90 Å². The van der Waals surface area contributed by atoms with Crippen LogP contribution in [0.2, 0.25) is 0 Å². The molecule has 4 aromatic carbocycles. The molecule has 5 nitrogen and oxygen atoms in total. The molecule has 0 amide bonds. The average Bonchev–Trinajstić information content (AvgIpc) is 3.57. The van der Waals surface area contributed by atoms with Crippen LogP contribution in [0.4, 0.5) is 16.4 Å². The summed E-state index contributed by atoms with van der Waals surface area (Å²) < 4.78 is 0. The van der Waals surface area contributed by atoms with Crippen molar-refractivity contribution in [3.05, 3.63) is 141 Å². The normalized spacial score (nSPS) is 14.8. The van der Waals surface area contributed by atoms with Crippen LogP contribution in [0, 0.1) is 20.8 Å². The number of hydrogen-bond donors (Lipinski definition) is 0. The molecule has 2 aromatic heterocycles. The summed E-state index contributed by atoms with van der Waals surface area (Å²) in [4.78, 5) is 38.0. The van der Waals surface area contributed by atoms with Crippen LogP contribution < -0.4 is 4.90 Å². The molecule has 3 heterocycles. The van der Waals surface area contributed by atoms with Crippen LogP contribution in [-0.2, 0) is 5.41 Å². The van der Waals surface area contributed by atoms with Gasteiger partial charge in [-0.3, -0.25) is 9.59 Å². The van der Waals surface area contributed by atoms with Gasteiger partial charge in [0.15, 0.2) is 0 Å². The first kappa shape index (κ1) is 28.3. The highest BCUT2D eigenvalue weighted by Gasteiger charge is 2.40. The van der Waals surface area contributed by atoms with Gasteiger partial charge in [0, 0.05) is 28.1 Å². The van der Waals surface area contributed by atoms with Crippen molar-refractivity contribution in [3.63, 3.8) is 0 Å². The second-order valence-electron chi connectivity index (χ2n) is 12.8. The summed E-state index contributed by atoms with van der Waals surface area (Å²) in [5, 5.41) is 3.38. The Hall–Kier alpha value is -5.20. The van der Waals surface area contributed by atoms with Gasteiger partial charge in [0.2, 0.25) is 11.6 Å². The van der Waals surface area contributed by atoms with Gasteiger partial charge in [-0.15, -0.1) is 11.3 Å². The first-order valence-corrected chi connectivity index (χ1v) is 16.2. The highest BCUT2D eigenvalue weighted by atomic mass is 32.1. The van der Waals surface area contributed by atoms with Gasteiger partial charge in [0.05, 0.1) is 16.9 Å². The van der Waals surface area contributed by atoms with E-state index in [9.17, 15) is 9.59 Å². The third kappa shape index (κ3) is 4.13. The van der Waals surface area contributed by atoms with E-state index >= 15 is 0 Å². The van der Waals surface area contributed by atoms with Crippen molar-refractivity contribution in [2.75, 3.05) is 4.90 Å². The molecule has 6 heteroatoms. The number of Topliss-reactive ketones (excluding diaryl/α,β-unsaturated/α-hetero) is 2. The second kappa shape index (κ2) is 10.2. The number of hydrogen-bond acceptors (Lipinski definition) is 6. The van der Waals surface area contributed by atoms with Gasteiger partial charge in [-0.2, -0.15) is 0 Å². The van der Waals surface area contributed by atoms with Crippen molar-refractivity contribution in [2.24, 2.45) is 0 Å². The molecule has 0 radical (unpaired) electrons. The molecule has 0 unspecified atom stereocenters. The van der Waals surface area contributed by atoms with Crippen LogP contribution in [-0.4, -0.2) is 21.5 Å². The number of nitrogens with zero attached hydrogens (tertiary/aromatic N) is 3. The first-order valence-electron chi connectivity index (χ1n) is 15.4. The fourth-order valence-electron chi connectivity index (χ4n) is 7.31. The standard InChI is InChI=1S/C40H31N3O2S/c1-22-17-23(2)34(24(3)18-22)26-13-14-33-30(19-26)40(4,5)31-21-27(20-29-37(44)35-36(38(29)45)42-16-15-41-35)46-39(31)43(33)32-12-8-10-25-9-6-7-11-28(25)32/h6-21H,1-5H3. The number of rotatable bonds is 3. The molecule has 0 atom stereocenters. The zero-order valence-corrected chi connectivity index (χ0v) is 27.1. The Balaban J connectivity index is 1.36. The molecule has 6 aromatic rings. The SMILES string of the molecule is Cc1cc(C)c(-c2ccc3c(c2)C(C)(C)c2cc(C=C4C(=O)c5nccnc5C4=O)sc2N3c2cccc3ccccc23)c(C)c1. The van der Waals surface area contributed by atoms with Gasteiger partial charge in [0.25, 0.3) is 0 Å². The number of anilines is 3. The van der Waals surface area contributed by atoms with Crippen molar-refractivity contribution >= 4 is 56.1 Å². The van der Waals surface area contributed by atoms with Gasteiger partial charge in [-0.25, -0.2) is 9.97 Å². The van der Waals surface area contributed by atoms with Crippen LogP contribution in [0.25, 0.3) is 28.0 Å². The lowest BCUT2D eigenvalue weighted by Gasteiger charge is -2.40. The number of aryl methyl sites for hydroxylation is 3. The Labute approximate surface area is 271 Å². The number of thiophene rings is 1. The molecule has 0 saturated heterocycles. The van der Waals surface area contributed by atoms with Gasteiger partial charge in [-0.1, -0.05) is 74.0 Å². The number of carbonyl (C=O) groups is 2. The zero-order valence-electron chi connectivity index (χ0n) is 26.3. The number of fused-ring (bicyclic) bond motifs is 4. The van der Waals surface area contributed by atoms with Crippen molar-refractivity contribution in [1.29, 1.82) is 0 Å². The molecule has 1 aliphatic carbocycles. The highest BCUT2D eigenvalue weighted by Crippen LogP contribution is 2.57. The maximum Gasteiger partial charge on any atom is 0.217 e. The molecule has 0 saturated carbocycles. The molecule has 0 bridgehead atoms. The minimum absolute atomic E-state index is 0.111. The van der Waals surface area contributed by atoms with Gasteiger partial charge in [-0.05, 0) is 89.9 Å². The van der Waals surface area contributed by atoms with Crippen LogP contribution in [0.15, 0.2) is 96.8 Å². The molecule has 224 valence electrons. The maximum atomic E-state index is 13.2. The third-order valence-corrected chi connectivity index (χ3v) is 10.5. The summed E-state index contributed by atoms with van der Waals surface area (Å²) in [6.45, 7) is 11.1. The predicted molar refractivity (Wildman–Crippen MR) is 187 cm³/mol. The maximum absolute atomic E-state index is 13.2. The molecule has 1 aliphatic heterocycles. The van der Waals surface area contributed by atoms with Crippen molar-refractivity contribution in [2.45, 2.75) is 40.0 Å². The van der Waals surface area contributed by atoms with Gasteiger partial charge in [0.1, 0.15) is 16.4 Å². The fraction of sp³-hybridized carbons (Fsp3) is 0.150. The molecule has 0 N–H and O–H groups in total. The third-order valence-electron chi connectivity index (χ3n) is 9.40. The molecular weight excluding hydrogens is 587 g/mol. The quantitative estimate of drug-likeness (QED) is 0.146. The summed E-state index contributed by atoms with van der Waals surface area (Å²) in [5.41, 5.74) is 10.8. The number of benzene rings is 4. The molecule has 0 spiro atoms. The summed E-state index contributed by atoms with van der Waals surface area (Å²) >= 11 is 1.59. The summed E-state index contributed by atoms with van der Waals surface area (Å²) in [7, 11) is 0. The predicted octanol–water partition coefficient (Wildman–Crippen LogP) is 9.86. The number of allylic oxidation sites excluding steroid dienone is 1. The van der Waals surface area contributed by atoms with E-state index in [2.05, 4.69) is 128 Å². The van der Waals surface area contributed by atoms with Crippen molar-refractivity contribution in [1.82, 2.24) is 9.97 Å².